The lowest BCUT2D eigenvalue weighted by Crippen LogP contribution is -2.32. The van der Waals surface area contributed by atoms with E-state index in [0.717, 1.165) is 13.0 Å². The molecule has 1 aliphatic rings. The fourth-order valence-corrected chi connectivity index (χ4v) is 4.65. The Morgan fingerprint density at radius 3 is 1.52 bits per heavy atom. The third-order valence-electron chi connectivity index (χ3n) is 6.97. The predicted octanol–water partition coefficient (Wildman–Crippen LogP) is 5.16. The molecule has 0 bridgehead atoms. The summed E-state index contributed by atoms with van der Waals surface area (Å²) in [6, 6.07) is 16.6. The van der Waals surface area contributed by atoms with Gasteiger partial charge < -0.3 is 38.1 Å². The molecule has 1 amide bonds. The second kappa shape index (κ2) is 21.2. The van der Waals surface area contributed by atoms with E-state index in [-0.39, 0.29) is 12.0 Å². The highest BCUT2D eigenvalue weighted by atomic mass is 16.6. The van der Waals surface area contributed by atoms with Crippen LogP contribution < -0.4 is 0 Å². The Morgan fingerprint density at radius 2 is 1.05 bits per heavy atom. The lowest BCUT2D eigenvalue weighted by atomic mass is 9.98. The maximum Gasteiger partial charge on any atom is 0.409 e. The van der Waals surface area contributed by atoms with Crippen molar-refractivity contribution in [2.24, 2.45) is 0 Å². The van der Waals surface area contributed by atoms with Crippen molar-refractivity contribution in [1.82, 2.24) is 4.90 Å². The van der Waals surface area contributed by atoms with Crippen LogP contribution in [0.15, 0.2) is 48.5 Å². The second-order valence-corrected chi connectivity index (χ2v) is 10.1. The monoisotopic (exact) mass is 587 g/mol. The van der Waals surface area contributed by atoms with Gasteiger partial charge in [0.2, 0.25) is 0 Å². The van der Waals surface area contributed by atoms with Crippen LogP contribution in [0.4, 0.5) is 4.79 Å². The SMILES string of the molecule is CCCCCOCCOCCOCCOCCOCCOCCN(C)C(=O)OCC1c2ccccc2-c2ccccc21. The Morgan fingerprint density at radius 1 is 0.619 bits per heavy atom. The molecule has 0 radical (unpaired) electrons. The second-order valence-electron chi connectivity index (χ2n) is 10.1. The number of hydrogen-bond acceptors (Lipinski definition) is 8. The lowest BCUT2D eigenvalue weighted by Gasteiger charge is -2.19. The van der Waals surface area contributed by atoms with Crippen molar-refractivity contribution in [2.45, 2.75) is 32.1 Å². The minimum Gasteiger partial charge on any atom is -0.448 e. The van der Waals surface area contributed by atoms with E-state index in [1.807, 2.05) is 24.3 Å². The maximum absolute atomic E-state index is 12.6. The van der Waals surface area contributed by atoms with E-state index in [4.69, 9.17) is 33.2 Å². The lowest BCUT2D eigenvalue weighted by molar-refractivity contribution is -0.0174. The first-order valence-electron chi connectivity index (χ1n) is 15.2. The summed E-state index contributed by atoms with van der Waals surface area (Å²) in [5.74, 6) is 0.0507. The summed E-state index contributed by atoms with van der Waals surface area (Å²) < 4.78 is 38.7. The predicted molar refractivity (Wildman–Crippen MR) is 162 cm³/mol. The van der Waals surface area contributed by atoms with E-state index in [1.165, 1.54) is 35.1 Å². The summed E-state index contributed by atoms with van der Waals surface area (Å²) >= 11 is 0. The molecule has 0 spiro atoms. The molecule has 0 fully saturated rings. The molecule has 2 aromatic carbocycles. The number of nitrogens with zero attached hydrogens (tertiary/aromatic N) is 1. The van der Waals surface area contributed by atoms with Crippen molar-refractivity contribution in [3.05, 3.63) is 59.7 Å². The molecular weight excluding hydrogens is 538 g/mol. The van der Waals surface area contributed by atoms with E-state index in [0.29, 0.717) is 85.8 Å². The summed E-state index contributed by atoms with van der Waals surface area (Å²) in [5.41, 5.74) is 4.83. The normalized spacial score (nSPS) is 12.3. The van der Waals surface area contributed by atoms with Gasteiger partial charge in [-0.15, -0.1) is 0 Å². The molecule has 2 aromatic rings. The summed E-state index contributed by atoms with van der Waals surface area (Å²) in [6.07, 6.45) is 3.18. The number of amides is 1. The highest BCUT2D eigenvalue weighted by Gasteiger charge is 2.29. The van der Waals surface area contributed by atoms with Gasteiger partial charge in [0.15, 0.2) is 0 Å². The Kier molecular flexibility index (Phi) is 17.1. The van der Waals surface area contributed by atoms with Gasteiger partial charge in [0.25, 0.3) is 0 Å². The van der Waals surface area contributed by atoms with Gasteiger partial charge in [-0.05, 0) is 28.7 Å². The molecular formula is C33H49NO8. The van der Waals surface area contributed by atoms with Gasteiger partial charge in [-0.3, -0.25) is 0 Å². The molecule has 234 valence electrons. The smallest absolute Gasteiger partial charge is 0.409 e. The van der Waals surface area contributed by atoms with Gasteiger partial charge in [-0.2, -0.15) is 0 Å². The number of unbranched alkanes of at least 4 members (excludes halogenated alkanes) is 2. The molecule has 0 saturated carbocycles. The van der Waals surface area contributed by atoms with Gasteiger partial charge >= 0.3 is 6.09 Å². The molecule has 0 aliphatic heterocycles. The van der Waals surface area contributed by atoms with Crippen LogP contribution in [0.1, 0.15) is 43.2 Å². The molecule has 0 atom stereocenters. The average Bonchev–Trinajstić information content (AvgIpc) is 3.34. The molecule has 9 nitrogen and oxygen atoms in total. The van der Waals surface area contributed by atoms with Gasteiger partial charge in [0.1, 0.15) is 6.61 Å². The van der Waals surface area contributed by atoms with Crippen molar-refractivity contribution in [3.8, 4) is 11.1 Å². The number of rotatable bonds is 24. The Labute approximate surface area is 251 Å². The first-order valence-corrected chi connectivity index (χ1v) is 15.2. The van der Waals surface area contributed by atoms with Crippen molar-refractivity contribution >= 4 is 6.09 Å². The summed E-state index contributed by atoms with van der Waals surface area (Å²) in [4.78, 5) is 14.1. The third kappa shape index (κ3) is 12.4. The largest absolute Gasteiger partial charge is 0.448 e. The van der Waals surface area contributed by atoms with E-state index in [2.05, 4.69) is 31.2 Å². The van der Waals surface area contributed by atoms with Crippen LogP contribution in [-0.2, 0) is 33.2 Å². The molecule has 0 N–H and O–H groups in total. The van der Waals surface area contributed by atoms with Crippen LogP contribution in [0.25, 0.3) is 11.1 Å². The van der Waals surface area contributed by atoms with Crippen LogP contribution in [0.3, 0.4) is 0 Å². The van der Waals surface area contributed by atoms with Crippen molar-refractivity contribution < 1.29 is 38.0 Å². The number of ether oxygens (including phenoxy) is 7. The van der Waals surface area contributed by atoms with Crippen molar-refractivity contribution in [1.29, 1.82) is 0 Å². The number of carbonyl (C=O) groups is 1. The van der Waals surface area contributed by atoms with Crippen LogP contribution in [0.2, 0.25) is 0 Å². The molecule has 1 aliphatic carbocycles. The molecule has 0 unspecified atom stereocenters. The zero-order chi connectivity index (χ0) is 29.7. The van der Waals surface area contributed by atoms with E-state index in [1.54, 1.807) is 11.9 Å². The summed E-state index contributed by atoms with van der Waals surface area (Å²) in [7, 11) is 1.72. The zero-order valence-corrected chi connectivity index (χ0v) is 25.4. The number of hydrogen-bond donors (Lipinski definition) is 0. The molecule has 0 heterocycles. The van der Waals surface area contributed by atoms with E-state index < -0.39 is 0 Å². The topological polar surface area (TPSA) is 84.9 Å². The fourth-order valence-electron chi connectivity index (χ4n) is 4.65. The quantitative estimate of drug-likeness (QED) is 0.156. The first-order chi connectivity index (χ1) is 20.7. The summed E-state index contributed by atoms with van der Waals surface area (Å²) in [6.45, 7) is 9.44. The molecule has 3 rings (SSSR count). The molecule has 9 heteroatoms. The van der Waals surface area contributed by atoms with Crippen molar-refractivity contribution in [2.75, 3.05) is 99.5 Å². The summed E-state index contributed by atoms with van der Waals surface area (Å²) in [5, 5.41) is 0. The maximum atomic E-state index is 12.6. The Bertz CT molecular complexity index is 958. The Balaban J connectivity index is 1.09. The third-order valence-corrected chi connectivity index (χ3v) is 6.97. The van der Waals surface area contributed by atoms with Gasteiger partial charge in [0, 0.05) is 26.1 Å². The minimum atomic E-state index is -0.354. The van der Waals surface area contributed by atoms with Crippen LogP contribution in [-0.4, -0.2) is 110 Å². The standard InChI is InChI=1S/C33H49NO8/c1-3-4-9-15-36-17-19-38-21-23-40-25-26-41-24-22-39-20-18-37-16-14-34(2)33(35)42-27-32-30-12-7-5-10-28(30)29-11-6-8-13-31(29)32/h5-8,10-13,32H,3-4,9,14-27H2,1-2H3. The van der Waals surface area contributed by atoms with Crippen LogP contribution in [0, 0.1) is 0 Å². The van der Waals surface area contributed by atoms with Crippen LogP contribution >= 0.6 is 0 Å². The van der Waals surface area contributed by atoms with Crippen molar-refractivity contribution in [3.63, 3.8) is 0 Å². The van der Waals surface area contributed by atoms with Gasteiger partial charge in [0.05, 0.1) is 72.7 Å². The van der Waals surface area contributed by atoms with Crippen LogP contribution in [0.5, 0.6) is 0 Å². The highest BCUT2D eigenvalue weighted by molar-refractivity contribution is 5.79. The Hall–Kier alpha value is -2.53. The zero-order valence-electron chi connectivity index (χ0n) is 25.4. The fraction of sp³-hybridized carbons (Fsp3) is 0.606. The minimum absolute atomic E-state index is 0.0507. The highest BCUT2D eigenvalue weighted by Crippen LogP contribution is 2.44. The average molecular weight is 588 g/mol. The van der Waals surface area contributed by atoms with Gasteiger partial charge in [-0.25, -0.2) is 4.79 Å². The van der Waals surface area contributed by atoms with E-state index >= 15 is 0 Å². The number of fused-ring (bicyclic) bond motifs is 3. The first kappa shape index (κ1) is 34.0. The van der Waals surface area contributed by atoms with Gasteiger partial charge in [-0.1, -0.05) is 68.3 Å². The number of likely N-dealkylation sites (N-methyl/N-ethyl adjacent to an activating group) is 1. The molecule has 0 saturated heterocycles. The molecule has 0 aromatic heterocycles. The van der Waals surface area contributed by atoms with E-state index in [9.17, 15) is 4.79 Å². The number of carbonyl (C=O) groups excluding carboxylic acids is 1. The molecule has 42 heavy (non-hydrogen) atoms. The number of benzene rings is 2.